The SMILES string of the molecule is COC(C)(C)C1CCC(C)=CC1c1cc(O)ccc1O. The highest BCUT2D eigenvalue weighted by atomic mass is 16.5. The molecule has 0 fully saturated rings. The summed E-state index contributed by atoms with van der Waals surface area (Å²) in [6, 6.07) is 4.72. The Morgan fingerprint density at radius 3 is 2.60 bits per heavy atom. The van der Waals surface area contributed by atoms with Crippen molar-refractivity contribution in [2.75, 3.05) is 7.11 Å². The minimum atomic E-state index is -0.278. The van der Waals surface area contributed by atoms with Gasteiger partial charge in [-0.25, -0.2) is 0 Å². The molecule has 0 radical (unpaired) electrons. The number of aromatic hydroxyl groups is 2. The van der Waals surface area contributed by atoms with Gasteiger partial charge in [-0.3, -0.25) is 0 Å². The number of hydrogen-bond acceptors (Lipinski definition) is 3. The number of allylic oxidation sites excluding steroid dienone is 2. The maximum atomic E-state index is 10.1. The quantitative estimate of drug-likeness (QED) is 0.649. The number of rotatable bonds is 3. The molecule has 0 aromatic heterocycles. The summed E-state index contributed by atoms with van der Waals surface area (Å²) in [6.45, 7) is 6.28. The van der Waals surface area contributed by atoms with Crippen molar-refractivity contribution in [2.45, 2.75) is 45.1 Å². The molecule has 0 spiro atoms. The van der Waals surface area contributed by atoms with E-state index in [0.29, 0.717) is 0 Å². The highest BCUT2D eigenvalue weighted by Crippen LogP contribution is 2.46. The Labute approximate surface area is 120 Å². The summed E-state index contributed by atoms with van der Waals surface area (Å²) >= 11 is 0. The van der Waals surface area contributed by atoms with Crippen LogP contribution in [0.5, 0.6) is 11.5 Å². The molecule has 3 heteroatoms. The van der Waals surface area contributed by atoms with Gasteiger partial charge in [-0.15, -0.1) is 0 Å². The lowest BCUT2D eigenvalue weighted by atomic mass is 9.70. The van der Waals surface area contributed by atoms with Crippen LogP contribution in [0, 0.1) is 5.92 Å². The summed E-state index contributed by atoms with van der Waals surface area (Å²) < 4.78 is 5.66. The third kappa shape index (κ3) is 2.83. The highest BCUT2D eigenvalue weighted by Gasteiger charge is 2.38. The van der Waals surface area contributed by atoms with Gasteiger partial charge in [0.2, 0.25) is 0 Å². The van der Waals surface area contributed by atoms with E-state index in [1.54, 1.807) is 19.2 Å². The zero-order chi connectivity index (χ0) is 14.9. The predicted molar refractivity (Wildman–Crippen MR) is 80.1 cm³/mol. The fraction of sp³-hybridized carbons (Fsp3) is 0.529. The Bertz CT molecular complexity index is 517. The van der Waals surface area contributed by atoms with Gasteiger partial charge in [0.15, 0.2) is 0 Å². The van der Waals surface area contributed by atoms with E-state index in [9.17, 15) is 10.2 Å². The van der Waals surface area contributed by atoms with E-state index in [1.165, 1.54) is 11.6 Å². The monoisotopic (exact) mass is 276 g/mol. The molecule has 1 aliphatic carbocycles. The molecule has 2 unspecified atom stereocenters. The van der Waals surface area contributed by atoms with Crippen molar-refractivity contribution >= 4 is 0 Å². The van der Waals surface area contributed by atoms with Crippen LogP contribution >= 0.6 is 0 Å². The molecule has 3 nitrogen and oxygen atoms in total. The highest BCUT2D eigenvalue weighted by molar-refractivity contribution is 5.44. The molecular formula is C17H24O3. The fourth-order valence-corrected chi connectivity index (χ4v) is 3.12. The van der Waals surface area contributed by atoms with Gasteiger partial charge in [0, 0.05) is 18.6 Å². The summed E-state index contributed by atoms with van der Waals surface area (Å²) in [5.41, 5.74) is 1.82. The minimum Gasteiger partial charge on any atom is -0.508 e. The van der Waals surface area contributed by atoms with Crippen LogP contribution in [0.25, 0.3) is 0 Å². The van der Waals surface area contributed by atoms with Crippen molar-refractivity contribution in [3.8, 4) is 11.5 Å². The molecule has 0 saturated carbocycles. The average molecular weight is 276 g/mol. The predicted octanol–water partition coefficient (Wildman–Crippen LogP) is 3.96. The van der Waals surface area contributed by atoms with Gasteiger partial charge in [0.05, 0.1) is 5.60 Å². The molecule has 2 atom stereocenters. The summed E-state index contributed by atoms with van der Waals surface area (Å²) in [7, 11) is 1.73. The number of phenols is 2. The third-order valence-corrected chi connectivity index (χ3v) is 4.54. The molecule has 0 amide bonds. The molecule has 0 bridgehead atoms. The van der Waals surface area contributed by atoms with Gasteiger partial charge in [-0.05, 0) is 57.7 Å². The normalized spacial score (nSPS) is 23.5. The maximum Gasteiger partial charge on any atom is 0.119 e. The van der Waals surface area contributed by atoms with Crippen LogP contribution in [0.2, 0.25) is 0 Å². The van der Waals surface area contributed by atoms with Crippen molar-refractivity contribution < 1.29 is 14.9 Å². The minimum absolute atomic E-state index is 0.0609. The second-order valence-corrected chi connectivity index (χ2v) is 6.23. The molecule has 1 aliphatic rings. The van der Waals surface area contributed by atoms with Crippen LogP contribution in [0.1, 0.15) is 45.1 Å². The topological polar surface area (TPSA) is 49.7 Å². The van der Waals surface area contributed by atoms with E-state index >= 15 is 0 Å². The first-order chi connectivity index (χ1) is 9.35. The van der Waals surface area contributed by atoms with Gasteiger partial charge < -0.3 is 14.9 Å². The van der Waals surface area contributed by atoms with Crippen molar-refractivity contribution in [2.24, 2.45) is 5.92 Å². The Morgan fingerprint density at radius 2 is 1.95 bits per heavy atom. The van der Waals surface area contributed by atoms with Gasteiger partial charge >= 0.3 is 0 Å². The largest absolute Gasteiger partial charge is 0.508 e. The third-order valence-electron chi connectivity index (χ3n) is 4.54. The number of benzene rings is 1. The Balaban J connectivity index is 2.48. The molecule has 20 heavy (non-hydrogen) atoms. The Hall–Kier alpha value is -1.48. The molecule has 1 aromatic carbocycles. The molecule has 2 rings (SSSR count). The number of methoxy groups -OCH3 is 1. The summed E-state index contributed by atoms with van der Waals surface area (Å²) in [5.74, 6) is 0.744. The molecule has 2 N–H and O–H groups in total. The molecular weight excluding hydrogens is 252 g/mol. The lowest BCUT2D eigenvalue weighted by Crippen LogP contribution is -2.38. The van der Waals surface area contributed by atoms with E-state index in [1.807, 2.05) is 0 Å². The Morgan fingerprint density at radius 1 is 1.25 bits per heavy atom. The van der Waals surface area contributed by atoms with Crippen LogP contribution in [0.3, 0.4) is 0 Å². The van der Waals surface area contributed by atoms with Crippen molar-refractivity contribution in [1.82, 2.24) is 0 Å². The Kier molecular flexibility index (Phi) is 4.09. The second kappa shape index (κ2) is 5.49. The fourth-order valence-electron chi connectivity index (χ4n) is 3.12. The standard InChI is InChI=1S/C17H24O3/c1-11-5-7-15(17(2,3)20-4)13(9-11)14-10-12(18)6-8-16(14)19/h6,8-10,13,15,18-19H,5,7H2,1-4H3. The van der Waals surface area contributed by atoms with E-state index in [4.69, 9.17) is 4.74 Å². The van der Waals surface area contributed by atoms with Crippen LogP contribution in [-0.2, 0) is 4.74 Å². The maximum absolute atomic E-state index is 10.1. The second-order valence-electron chi connectivity index (χ2n) is 6.23. The molecule has 0 aliphatic heterocycles. The van der Waals surface area contributed by atoms with Gasteiger partial charge in [-0.1, -0.05) is 11.6 Å². The van der Waals surface area contributed by atoms with Gasteiger partial charge in [0.25, 0.3) is 0 Å². The van der Waals surface area contributed by atoms with Crippen LogP contribution in [0.15, 0.2) is 29.8 Å². The lowest BCUT2D eigenvalue weighted by Gasteiger charge is -2.40. The first kappa shape index (κ1) is 14.9. The number of ether oxygens (including phenoxy) is 1. The number of phenolic OH excluding ortho intramolecular Hbond substituents is 2. The summed E-state index contributed by atoms with van der Waals surface area (Å²) in [4.78, 5) is 0. The van der Waals surface area contributed by atoms with Crippen molar-refractivity contribution in [1.29, 1.82) is 0 Å². The average Bonchev–Trinajstić information content (AvgIpc) is 2.41. The molecule has 0 heterocycles. The summed E-state index contributed by atoms with van der Waals surface area (Å²) in [6.07, 6.45) is 4.26. The molecule has 1 aromatic rings. The van der Waals surface area contributed by atoms with Crippen LogP contribution < -0.4 is 0 Å². The first-order valence-corrected chi connectivity index (χ1v) is 7.09. The molecule has 0 saturated heterocycles. The van der Waals surface area contributed by atoms with Crippen molar-refractivity contribution in [3.63, 3.8) is 0 Å². The lowest BCUT2D eigenvalue weighted by molar-refractivity contribution is -0.0375. The van der Waals surface area contributed by atoms with Gasteiger partial charge in [0.1, 0.15) is 11.5 Å². The number of hydrogen-bond donors (Lipinski definition) is 2. The van der Waals surface area contributed by atoms with Crippen LogP contribution in [0.4, 0.5) is 0 Å². The van der Waals surface area contributed by atoms with Crippen molar-refractivity contribution in [3.05, 3.63) is 35.4 Å². The van der Waals surface area contributed by atoms with Crippen LogP contribution in [-0.4, -0.2) is 22.9 Å². The van der Waals surface area contributed by atoms with E-state index in [-0.39, 0.29) is 28.9 Å². The van der Waals surface area contributed by atoms with E-state index in [0.717, 1.165) is 18.4 Å². The van der Waals surface area contributed by atoms with Gasteiger partial charge in [-0.2, -0.15) is 0 Å². The molecule has 110 valence electrons. The summed E-state index contributed by atoms with van der Waals surface area (Å²) in [5, 5.41) is 19.9. The smallest absolute Gasteiger partial charge is 0.119 e. The van der Waals surface area contributed by atoms with E-state index in [2.05, 4.69) is 26.8 Å². The zero-order valence-corrected chi connectivity index (χ0v) is 12.7. The van der Waals surface area contributed by atoms with E-state index < -0.39 is 0 Å². The first-order valence-electron chi connectivity index (χ1n) is 7.09. The zero-order valence-electron chi connectivity index (χ0n) is 12.7.